The summed E-state index contributed by atoms with van der Waals surface area (Å²) >= 11 is 0. The normalized spacial score (nSPS) is 17.3. The molecule has 0 unspecified atom stereocenters. The molecule has 0 N–H and O–H groups in total. The lowest BCUT2D eigenvalue weighted by Crippen LogP contribution is -2.27. The van der Waals surface area contributed by atoms with Crippen molar-refractivity contribution in [2.24, 2.45) is 4.99 Å². The second-order valence-corrected chi connectivity index (χ2v) is 5.08. The van der Waals surface area contributed by atoms with Crippen molar-refractivity contribution in [3.05, 3.63) is 23.8 Å². The van der Waals surface area contributed by atoms with Crippen LogP contribution in [0.5, 0.6) is 0 Å². The molecule has 2 rings (SSSR count). The standard InChI is InChI=1S/C9H8N2O3S/c1-11-6-10-8-4-7(5-12)2-3-9(8)15(11,13)14/h2-6H,1H3. The topological polar surface area (TPSA) is 66.8 Å². The number of nitrogens with zero attached hydrogens (tertiary/aromatic N) is 2. The van der Waals surface area contributed by atoms with E-state index in [9.17, 15) is 13.2 Å². The second-order valence-electron chi connectivity index (χ2n) is 3.11. The van der Waals surface area contributed by atoms with Crippen LogP contribution < -0.4 is 0 Å². The summed E-state index contributed by atoms with van der Waals surface area (Å²) in [5.41, 5.74) is 0.711. The van der Waals surface area contributed by atoms with Crippen LogP contribution in [0.25, 0.3) is 0 Å². The number of hydrogen-bond donors (Lipinski definition) is 0. The number of sulfonamides is 1. The van der Waals surface area contributed by atoms with E-state index >= 15 is 0 Å². The molecule has 0 amide bonds. The molecule has 1 aliphatic rings. The molecule has 0 spiro atoms. The van der Waals surface area contributed by atoms with E-state index in [4.69, 9.17) is 0 Å². The predicted octanol–water partition coefficient (Wildman–Crippen LogP) is 0.793. The minimum absolute atomic E-state index is 0.123. The van der Waals surface area contributed by atoms with Gasteiger partial charge in [0.15, 0.2) is 0 Å². The predicted molar refractivity (Wildman–Crippen MR) is 54.9 cm³/mol. The van der Waals surface area contributed by atoms with Gasteiger partial charge in [-0.25, -0.2) is 13.4 Å². The maximum atomic E-state index is 11.8. The van der Waals surface area contributed by atoms with Crippen LogP contribution in [0.15, 0.2) is 28.1 Å². The molecule has 1 aromatic carbocycles. The van der Waals surface area contributed by atoms with Gasteiger partial charge in [0.25, 0.3) is 10.0 Å². The molecule has 1 aromatic rings. The Kier molecular flexibility index (Phi) is 2.08. The molecule has 0 fully saturated rings. The summed E-state index contributed by atoms with van der Waals surface area (Å²) in [4.78, 5) is 14.6. The fourth-order valence-electron chi connectivity index (χ4n) is 1.29. The van der Waals surface area contributed by atoms with E-state index in [0.29, 0.717) is 17.5 Å². The number of fused-ring (bicyclic) bond motifs is 1. The van der Waals surface area contributed by atoms with Crippen molar-refractivity contribution in [2.75, 3.05) is 7.05 Å². The van der Waals surface area contributed by atoms with Crippen molar-refractivity contribution < 1.29 is 13.2 Å². The number of carbonyl (C=O) groups is 1. The molecule has 0 aromatic heterocycles. The molecule has 6 heteroatoms. The van der Waals surface area contributed by atoms with Crippen molar-refractivity contribution in [1.82, 2.24) is 4.31 Å². The van der Waals surface area contributed by atoms with Gasteiger partial charge in [-0.3, -0.25) is 9.10 Å². The summed E-state index contributed by atoms with van der Waals surface area (Å²) in [7, 11) is -2.07. The summed E-state index contributed by atoms with van der Waals surface area (Å²) in [6.07, 6.45) is 1.87. The van der Waals surface area contributed by atoms with Gasteiger partial charge in [-0.1, -0.05) is 6.07 Å². The Labute approximate surface area is 87.1 Å². The van der Waals surface area contributed by atoms with Gasteiger partial charge in [0.1, 0.15) is 17.5 Å². The third-order valence-electron chi connectivity index (χ3n) is 2.14. The molecule has 15 heavy (non-hydrogen) atoms. The Hall–Kier alpha value is -1.69. The van der Waals surface area contributed by atoms with Crippen molar-refractivity contribution in [2.45, 2.75) is 4.90 Å². The fraction of sp³-hybridized carbons (Fsp3) is 0.111. The molecular formula is C9H8N2O3S. The van der Waals surface area contributed by atoms with E-state index in [-0.39, 0.29) is 4.90 Å². The fourth-order valence-corrected chi connectivity index (χ4v) is 2.38. The molecule has 78 valence electrons. The van der Waals surface area contributed by atoms with Gasteiger partial charge in [-0.15, -0.1) is 0 Å². The molecule has 0 saturated carbocycles. The first-order valence-electron chi connectivity index (χ1n) is 4.17. The minimum Gasteiger partial charge on any atom is -0.298 e. The zero-order chi connectivity index (χ0) is 11.1. The van der Waals surface area contributed by atoms with Gasteiger partial charge in [-0.2, -0.15) is 0 Å². The van der Waals surface area contributed by atoms with Crippen molar-refractivity contribution in [1.29, 1.82) is 0 Å². The third kappa shape index (κ3) is 1.42. The Morgan fingerprint density at radius 1 is 1.40 bits per heavy atom. The van der Waals surface area contributed by atoms with Gasteiger partial charge in [-0.05, 0) is 12.1 Å². The lowest BCUT2D eigenvalue weighted by molar-refractivity contribution is 0.112. The van der Waals surface area contributed by atoms with E-state index in [1.54, 1.807) is 0 Å². The molecule has 0 saturated heterocycles. The molecule has 0 atom stereocenters. The Balaban J connectivity index is 2.70. The van der Waals surface area contributed by atoms with Crippen molar-refractivity contribution >= 4 is 28.3 Å². The molecule has 0 radical (unpaired) electrons. The maximum absolute atomic E-state index is 11.8. The molecule has 5 nitrogen and oxygen atoms in total. The maximum Gasteiger partial charge on any atom is 0.266 e. The quantitative estimate of drug-likeness (QED) is 0.662. The second kappa shape index (κ2) is 3.16. The van der Waals surface area contributed by atoms with E-state index < -0.39 is 10.0 Å². The van der Waals surface area contributed by atoms with Crippen LogP contribution in [0.4, 0.5) is 5.69 Å². The number of benzene rings is 1. The largest absolute Gasteiger partial charge is 0.298 e. The Morgan fingerprint density at radius 3 is 2.80 bits per heavy atom. The van der Waals surface area contributed by atoms with Crippen molar-refractivity contribution in [3.63, 3.8) is 0 Å². The number of aldehydes is 1. The smallest absolute Gasteiger partial charge is 0.266 e. The van der Waals surface area contributed by atoms with Crippen LogP contribution in [0.3, 0.4) is 0 Å². The van der Waals surface area contributed by atoms with Crippen molar-refractivity contribution in [3.8, 4) is 0 Å². The summed E-state index contributed by atoms with van der Waals surface area (Å²) in [5, 5.41) is 0. The lowest BCUT2D eigenvalue weighted by atomic mass is 10.2. The molecular weight excluding hydrogens is 216 g/mol. The number of aliphatic imine (C=N–C) groups is 1. The monoisotopic (exact) mass is 224 g/mol. The molecule has 0 aliphatic carbocycles. The van der Waals surface area contributed by atoms with Gasteiger partial charge in [0.2, 0.25) is 0 Å². The van der Waals surface area contributed by atoms with Crippen LogP contribution >= 0.6 is 0 Å². The highest BCUT2D eigenvalue weighted by molar-refractivity contribution is 7.89. The average Bonchev–Trinajstić information content (AvgIpc) is 2.23. The van der Waals surface area contributed by atoms with E-state index in [1.165, 1.54) is 31.6 Å². The first-order chi connectivity index (χ1) is 7.05. The average molecular weight is 224 g/mol. The van der Waals surface area contributed by atoms with E-state index in [0.717, 1.165) is 4.31 Å². The van der Waals surface area contributed by atoms with Crippen LogP contribution in [0.1, 0.15) is 10.4 Å². The number of carbonyl (C=O) groups excluding carboxylic acids is 1. The van der Waals surface area contributed by atoms with Crippen LogP contribution in [-0.4, -0.2) is 32.4 Å². The third-order valence-corrected chi connectivity index (χ3v) is 3.89. The number of rotatable bonds is 1. The minimum atomic E-state index is -3.48. The highest BCUT2D eigenvalue weighted by Crippen LogP contribution is 2.29. The zero-order valence-electron chi connectivity index (χ0n) is 7.91. The zero-order valence-corrected chi connectivity index (χ0v) is 8.73. The summed E-state index contributed by atoms with van der Waals surface area (Å²) in [6, 6.07) is 4.29. The number of hydrogen-bond acceptors (Lipinski definition) is 4. The molecule has 0 bridgehead atoms. The van der Waals surface area contributed by atoms with E-state index in [2.05, 4.69) is 4.99 Å². The Bertz CT molecular complexity index is 548. The SMILES string of the molecule is CN1C=Nc2cc(C=O)ccc2S1(=O)=O. The van der Waals surface area contributed by atoms with Gasteiger partial charge in [0.05, 0.1) is 5.69 Å². The Morgan fingerprint density at radius 2 is 2.13 bits per heavy atom. The molecule has 1 aliphatic heterocycles. The van der Waals surface area contributed by atoms with Gasteiger partial charge >= 0.3 is 0 Å². The van der Waals surface area contributed by atoms with Crippen LogP contribution in [-0.2, 0) is 10.0 Å². The van der Waals surface area contributed by atoms with Crippen LogP contribution in [0.2, 0.25) is 0 Å². The van der Waals surface area contributed by atoms with E-state index in [1.807, 2.05) is 0 Å². The highest BCUT2D eigenvalue weighted by atomic mass is 32.2. The van der Waals surface area contributed by atoms with Gasteiger partial charge in [0, 0.05) is 12.6 Å². The summed E-state index contributed by atoms with van der Waals surface area (Å²) in [5.74, 6) is 0. The first-order valence-corrected chi connectivity index (χ1v) is 5.61. The van der Waals surface area contributed by atoms with Crippen LogP contribution in [0, 0.1) is 0 Å². The first kappa shape index (κ1) is 9.85. The summed E-state index contributed by atoms with van der Waals surface area (Å²) in [6.45, 7) is 0. The molecule has 1 heterocycles. The van der Waals surface area contributed by atoms with Gasteiger partial charge < -0.3 is 0 Å². The lowest BCUT2D eigenvalue weighted by Gasteiger charge is -2.19. The highest BCUT2D eigenvalue weighted by Gasteiger charge is 2.25. The summed E-state index contributed by atoms with van der Waals surface area (Å²) < 4.78 is 24.5.